The fourth-order valence-corrected chi connectivity index (χ4v) is 4.89. The van der Waals surface area contributed by atoms with Gasteiger partial charge in [0, 0.05) is 37.0 Å². The van der Waals surface area contributed by atoms with E-state index in [1.165, 1.54) is 26.2 Å². The largest absolute Gasteiger partial charge is 0.493 e. The molecular weight excluding hydrogens is 536 g/mol. The van der Waals surface area contributed by atoms with Crippen LogP contribution in [0.3, 0.4) is 0 Å². The minimum atomic E-state index is -1.19. The van der Waals surface area contributed by atoms with Crippen LogP contribution in [-0.4, -0.2) is 61.6 Å². The van der Waals surface area contributed by atoms with Crippen molar-refractivity contribution in [2.45, 2.75) is 6.04 Å². The van der Waals surface area contributed by atoms with Crippen molar-refractivity contribution in [3.05, 3.63) is 70.9 Å². The van der Waals surface area contributed by atoms with Gasteiger partial charge in [0.25, 0.3) is 11.8 Å². The Labute approximate surface area is 234 Å². The van der Waals surface area contributed by atoms with E-state index in [1.54, 1.807) is 48.7 Å². The molecule has 40 heavy (non-hydrogen) atoms. The van der Waals surface area contributed by atoms with Crippen molar-refractivity contribution in [3.8, 4) is 11.5 Å². The van der Waals surface area contributed by atoms with Gasteiger partial charge in [-0.1, -0.05) is 12.1 Å². The van der Waals surface area contributed by atoms with Crippen LogP contribution < -0.4 is 31.2 Å². The van der Waals surface area contributed by atoms with E-state index in [9.17, 15) is 14.4 Å². The maximum absolute atomic E-state index is 14.2. The van der Waals surface area contributed by atoms with Crippen LogP contribution >= 0.6 is 11.5 Å². The molecule has 13 heteroatoms. The van der Waals surface area contributed by atoms with E-state index < -0.39 is 23.8 Å². The standard InChI is InChI=1S/C27H28N6O6S/c1-37-12-11-31-26(35)23(16-6-8-18-15(13-16)5-4-10-30-18)33(17-7-9-19(38-2)20(14-17)39-3)27(36)24-21(28)22(25(29)34)32-40-24/h4-10,13-14,23H,11-12,28H2,1-3H3,(H2,29,34)(H,31,35)/t23-/m1/s1. The fourth-order valence-electron chi connectivity index (χ4n) is 4.15. The molecule has 5 N–H and O–H groups in total. The van der Waals surface area contributed by atoms with Crippen molar-refractivity contribution in [1.29, 1.82) is 0 Å². The predicted octanol–water partition coefficient (Wildman–Crippen LogP) is 2.54. The van der Waals surface area contributed by atoms with Gasteiger partial charge in [0.1, 0.15) is 10.9 Å². The number of benzene rings is 2. The highest BCUT2D eigenvalue weighted by Gasteiger charge is 2.36. The molecule has 12 nitrogen and oxygen atoms in total. The topological polar surface area (TPSA) is 172 Å². The van der Waals surface area contributed by atoms with E-state index >= 15 is 0 Å². The molecule has 0 spiro atoms. The summed E-state index contributed by atoms with van der Waals surface area (Å²) in [5.74, 6) is -1.28. The highest BCUT2D eigenvalue weighted by Crippen LogP contribution is 2.38. The normalized spacial score (nSPS) is 11.6. The van der Waals surface area contributed by atoms with Gasteiger partial charge in [0.15, 0.2) is 17.2 Å². The van der Waals surface area contributed by atoms with Crippen LogP contribution in [0.5, 0.6) is 11.5 Å². The summed E-state index contributed by atoms with van der Waals surface area (Å²) in [5.41, 5.74) is 12.6. The molecule has 2 aromatic carbocycles. The number of ether oxygens (including phenoxy) is 3. The Hall–Kier alpha value is -4.75. The molecule has 0 saturated heterocycles. The van der Waals surface area contributed by atoms with Gasteiger partial charge < -0.3 is 31.0 Å². The van der Waals surface area contributed by atoms with Gasteiger partial charge in [-0.3, -0.25) is 24.3 Å². The zero-order valence-electron chi connectivity index (χ0n) is 22.0. The summed E-state index contributed by atoms with van der Waals surface area (Å²) >= 11 is 0.717. The molecular formula is C27H28N6O6S. The van der Waals surface area contributed by atoms with Gasteiger partial charge in [-0.25, -0.2) is 0 Å². The number of nitrogens with two attached hydrogens (primary N) is 2. The van der Waals surface area contributed by atoms with Crippen molar-refractivity contribution in [3.63, 3.8) is 0 Å². The summed E-state index contributed by atoms with van der Waals surface area (Å²) in [6, 6.07) is 12.5. The van der Waals surface area contributed by atoms with Crippen LogP contribution in [0.4, 0.5) is 11.4 Å². The minimum Gasteiger partial charge on any atom is -0.493 e. The Morgan fingerprint density at radius 2 is 1.82 bits per heavy atom. The lowest BCUT2D eigenvalue weighted by atomic mass is 10.00. The van der Waals surface area contributed by atoms with Gasteiger partial charge in [-0.15, -0.1) is 0 Å². The second-order valence-electron chi connectivity index (χ2n) is 8.49. The van der Waals surface area contributed by atoms with E-state index in [0.29, 0.717) is 39.8 Å². The summed E-state index contributed by atoms with van der Waals surface area (Å²) in [6.07, 6.45) is 1.67. The van der Waals surface area contributed by atoms with Gasteiger partial charge in [-0.2, -0.15) is 4.37 Å². The van der Waals surface area contributed by atoms with Crippen LogP contribution in [0.25, 0.3) is 10.9 Å². The maximum atomic E-state index is 14.2. The highest BCUT2D eigenvalue weighted by atomic mass is 32.1. The predicted molar refractivity (Wildman–Crippen MR) is 151 cm³/mol. The first kappa shape index (κ1) is 28.3. The average molecular weight is 565 g/mol. The van der Waals surface area contributed by atoms with Crippen LogP contribution in [0, 0.1) is 0 Å². The van der Waals surface area contributed by atoms with Gasteiger partial charge in [0.2, 0.25) is 5.91 Å². The minimum absolute atomic E-state index is 0.0549. The lowest BCUT2D eigenvalue weighted by molar-refractivity contribution is -0.122. The molecule has 0 fully saturated rings. The molecule has 0 bridgehead atoms. The lowest BCUT2D eigenvalue weighted by Crippen LogP contribution is -2.44. The molecule has 2 aromatic heterocycles. The second kappa shape index (κ2) is 12.4. The molecule has 0 aliphatic heterocycles. The molecule has 4 aromatic rings. The number of nitrogens with zero attached hydrogens (tertiary/aromatic N) is 3. The number of methoxy groups -OCH3 is 3. The number of primary amides is 1. The molecule has 0 aliphatic carbocycles. The first-order chi connectivity index (χ1) is 19.3. The number of anilines is 2. The molecule has 0 radical (unpaired) electrons. The van der Waals surface area contributed by atoms with E-state index in [2.05, 4.69) is 14.7 Å². The fraction of sp³-hybridized carbons (Fsp3) is 0.222. The number of nitrogen functional groups attached to an aromatic ring is 1. The number of pyridine rings is 1. The van der Waals surface area contributed by atoms with Crippen molar-refractivity contribution in [2.75, 3.05) is 45.1 Å². The Bertz CT molecular complexity index is 1560. The van der Waals surface area contributed by atoms with Crippen molar-refractivity contribution in [2.24, 2.45) is 5.73 Å². The van der Waals surface area contributed by atoms with E-state index in [0.717, 1.165) is 5.39 Å². The molecule has 0 unspecified atom stereocenters. The van der Waals surface area contributed by atoms with E-state index in [1.807, 2.05) is 6.07 Å². The first-order valence-electron chi connectivity index (χ1n) is 12.0. The maximum Gasteiger partial charge on any atom is 0.273 e. The highest BCUT2D eigenvalue weighted by molar-refractivity contribution is 7.09. The van der Waals surface area contributed by atoms with Crippen molar-refractivity contribution < 1.29 is 28.6 Å². The van der Waals surface area contributed by atoms with E-state index in [-0.39, 0.29) is 29.4 Å². The van der Waals surface area contributed by atoms with Gasteiger partial charge >= 0.3 is 0 Å². The third-order valence-corrected chi connectivity index (χ3v) is 6.93. The molecule has 208 valence electrons. The number of rotatable bonds is 11. The molecule has 2 heterocycles. The third kappa shape index (κ3) is 5.65. The Morgan fingerprint density at radius 1 is 1.05 bits per heavy atom. The lowest BCUT2D eigenvalue weighted by Gasteiger charge is -2.31. The number of hydrogen-bond acceptors (Lipinski definition) is 10. The van der Waals surface area contributed by atoms with Crippen LogP contribution in [0.1, 0.15) is 31.8 Å². The third-order valence-electron chi connectivity index (χ3n) is 6.07. The number of carbonyl (C=O) groups excluding carboxylic acids is 3. The summed E-state index contributed by atoms with van der Waals surface area (Å²) in [7, 11) is 4.46. The molecule has 1 atom stereocenters. The zero-order valence-corrected chi connectivity index (χ0v) is 22.9. The second-order valence-corrected chi connectivity index (χ2v) is 9.27. The Morgan fingerprint density at radius 3 is 2.50 bits per heavy atom. The molecule has 0 aliphatic rings. The summed E-state index contributed by atoms with van der Waals surface area (Å²) in [4.78, 5) is 45.5. The number of amides is 3. The number of fused-ring (bicyclic) bond motifs is 1. The van der Waals surface area contributed by atoms with Gasteiger partial charge in [-0.05, 0) is 47.4 Å². The number of carbonyl (C=O) groups is 3. The van der Waals surface area contributed by atoms with E-state index in [4.69, 9.17) is 25.7 Å². The molecule has 3 amide bonds. The smallest absolute Gasteiger partial charge is 0.273 e. The summed E-state index contributed by atoms with van der Waals surface area (Å²) in [6.45, 7) is 0.456. The van der Waals surface area contributed by atoms with Gasteiger partial charge in [0.05, 0.1) is 32.0 Å². The summed E-state index contributed by atoms with van der Waals surface area (Å²) in [5, 5.41) is 3.60. The zero-order chi connectivity index (χ0) is 28.8. The SMILES string of the molecule is COCCNC(=O)[C@@H](c1ccc2ncccc2c1)N(C(=O)c1snc(C(N)=O)c1N)c1ccc(OC)c(OC)c1. The Balaban J connectivity index is 1.94. The Kier molecular flexibility index (Phi) is 8.76. The monoisotopic (exact) mass is 564 g/mol. The number of aromatic nitrogens is 2. The van der Waals surface area contributed by atoms with Crippen molar-refractivity contribution in [1.82, 2.24) is 14.7 Å². The number of nitrogens with one attached hydrogen (secondary N) is 1. The van der Waals surface area contributed by atoms with Crippen LogP contribution in [0.2, 0.25) is 0 Å². The quantitative estimate of drug-likeness (QED) is 0.231. The summed E-state index contributed by atoms with van der Waals surface area (Å²) < 4.78 is 19.9. The van der Waals surface area contributed by atoms with Crippen LogP contribution in [-0.2, 0) is 9.53 Å². The van der Waals surface area contributed by atoms with Crippen molar-refractivity contribution >= 4 is 51.5 Å². The average Bonchev–Trinajstić information content (AvgIpc) is 3.36. The van der Waals surface area contributed by atoms with Crippen LogP contribution in [0.15, 0.2) is 54.7 Å². The molecule has 4 rings (SSSR count). The first-order valence-corrected chi connectivity index (χ1v) is 12.8. The number of hydrogen-bond donors (Lipinski definition) is 3. The molecule has 0 saturated carbocycles.